The predicted molar refractivity (Wildman–Crippen MR) is 154 cm³/mol. The molecule has 1 fully saturated rings. The number of sulfonamides is 1. The molecular weight excluding hydrogens is 564 g/mol. The van der Waals surface area contributed by atoms with Gasteiger partial charge in [-0.05, 0) is 72.9 Å². The first-order chi connectivity index (χ1) is 18.2. The predicted octanol–water partition coefficient (Wildman–Crippen LogP) is 6.04. The Bertz CT molecular complexity index is 1560. The number of furan rings is 1. The summed E-state index contributed by atoms with van der Waals surface area (Å²) in [6.45, 7) is 0. The Morgan fingerprint density at radius 2 is 1.92 bits per heavy atom. The summed E-state index contributed by atoms with van der Waals surface area (Å²) in [5, 5.41) is 5.24. The minimum absolute atomic E-state index is 0.303. The van der Waals surface area contributed by atoms with Crippen molar-refractivity contribution in [2.24, 2.45) is 0 Å². The highest BCUT2D eigenvalue weighted by molar-refractivity contribution is 7.99. The van der Waals surface area contributed by atoms with Gasteiger partial charge in [0.05, 0.1) is 30.8 Å². The lowest BCUT2D eigenvalue weighted by Crippen LogP contribution is -2.29. The van der Waals surface area contributed by atoms with Crippen LogP contribution in [0.25, 0.3) is 0 Å². The quantitative estimate of drug-likeness (QED) is 0.240. The van der Waals surface area contributed by atoms with E-state index in [1.54, 1.807) is 24.4 Å². The molecule has 1 aliphatic heterocycles. The van der Waals surface area contributed by atoms with Crippen molar-refractivity contribution in [2.75, 3.05) is 23.0 Å². The van der Waals surface area contributed by atoms with E-state index in [0.717, 1.165) is 16.8 Å². The van der Waals surface area contributed by atoms with E-state index < -0.39 is 10.0 Å². The molecule has 2 unspecified atom stereocenters. The number of anilines is 2. The van der Waals surface area contributed by atoms with E-state index in [4.69, 9.17) is 33.0 Å². The van der Waals surface area contributed by atoms with Crippen LogP contribution in [0.4, 0.5) is 11.4 Å². The zero-order valence-electron chi connectivity index (χ0n) is 20.3. The molecule has 0 amide bonds. The standard InChI is InChI=1S/C26H23ClN4O4S3/c1-34-22-15-17(8-11-19(22)30-38(2,32)33)31-25(24(29-26(31)36)20-5-3-4-14-28-20)21-12-13-23(35-21)37-18-9-6-16(27)7-10-18/h3-15,24-25,30H,1-2H3,(H,29,36). The van der Waals surface area contributed by atoms with Crippen molar-refractivity contribution in [1.29, 1.82) is 0 Å². The fourth-order valence-corrected chi connectivity index (χ4v) is 6.02. The van der Waals surface area contributed by atoms with Crippen LogP contribution in [-0.2, 0) is 10.0 Å². The maximum absolute atomic E-state index is 11.8. The molecule has 12 heteroatoms. The smallest absolute Gasteiger partial charge is 0.229 e. The highest BCUT2D eigenvalue weighted by Gasteiger charge is 2.42. The van der Waals surface area contributed by atoms with Gasteiger partial charge in [0.2, 0.25) is 10.0 Å². The lowest BCUT2D eigenvalue weighted by atomic mass is 10.0. The van der Waals surface area contributed by atoms with Gasteiger partial charge in [0, 0.05) is 27.9 Å². The number of hydrogen-bond acceptors (Lipinski definition) is 7. The van der Waals surface area contributed by atoms with Gasteiger partial charge >= 0.3 is 0 Å². The normalized spacial score (nSPS) is 17.3. The molecule has 0 aliphatic carbocycles. The lowest BCUT2D eigenvalue weighted by molar-refractivity contribution is 0.383. The number of ether oxygens (including phenoxy) is 1. The largest absolute Gasteiger partial charge is 0.494 e. The average molecular weight is 587 g/mol. The Morgan fingerprint density at radius 1 is 1.13 bits per heavy atom. The summed E-state index contributed by atoms with van der Waals surface area (Å²) in [6, 6.07) is 21.6. The van der Waals surface area contributed by atoms with E-state index in [1.165, 1.54) is 18.9 Å². The minimum Gasteiger partial charge on any atom is -0.494 e. The molecule has 0 radical (unpaired) electrons. The Morgan fingerprint density at radius 3 is 2.61 bits per heavy atom. The third-order valence-corrected chi connectivity index (χ3v) is 7.87. The summed E-state index contributed by atoms with van der Waals surface area (Å²) in [6.07, 6.45) is 2.82. The van der Waals surface area contributed by atoms with Gasteiger partial charge in [-0.2, -0.15) is 0 Å². The SMILES string of the molecule is COc1cc(N2C(=S)NC(c3ccccn3)C2c2ccc(Sc3ccc(Cl)cc3)o2)ccc1NS(C)(=O)=O. The molecule has 2 aromatic heterocycles. The van der Waals surface area contributed by atoms with Crippen molar-refractivity contribution in [2.45, 2.75) is 22.1 Å². The highest BCUT2D eigenvalue weighted by Crippen LogP contribution is 2.44. The fourth-order valence-electron chi connectivity index (χ4n) is 4.20. The van der Waals surface area contributed by atoms with Crippen LogP contribution >= 0.6 is 35.6 Å². The summed E-state index contributed by atoms with van der Waals surface area (Å²) in [5.74, 6) is 1.04. The number of aromatic nitrogens is 1. The first-order valence-electron chi connectivity index (χ1n) is 11.4. The first kappa shape index (κ1) is 26.4. The highest BCUT2D eigenvalue weighted by atomic mass is 35.5. The topological polar surface area (TPSA) is 96.7 Å². The molecule has 2 atom stereocenters. The molecule has 38 heavy (non-hydrogen) atoms. The molecule has 196 valence electrons. The Hall–Kier alpha value is -3.25. The van der Waals surface area contributed by atoms with Crippen LogP contribution in [0, 0.1) is 0 Å². The maximum Gasteiger partial charge on any atom is 0.229 e. The van der Waals surface area contributed by atoms with Crippen molar-refractivity contribution in [3.8, 4) is 5.75 Å². The Labute approximate surface area is 235 Å². The number of hydrogen-bond donors (Lipinski definition) is 2. The summed E-state index contributed by atoms with van der Waals surface area (Å²) in [4.78, 5) is 7.48. The van der Waals surface area contributed by atoms with Gasteiger partial charge < -0.3 is 19.4 Å². The molecule has 1 saturated heterocycles. The zero-order valence-corrected chi connectivity index (χ0v) is 23.5. The first-order valence-corrected chi connectivity index (χ1v) is 14.9. The van der Waals surface area contributed by atoms with Crippen LogP contribution in [0.1, 0.15) is 23.5 Å². The van der Waals surface area contributed by atoms with Crippen LogP contribution in [-0.4, -0.2) is 31.9 Å². The van der Waals surface area contributed by atoms with Crippen LogP contribution in [0.2, 0.25) is 5.02 Å². The van der Waals surface area contributed by atoms with E-state index in [9.17, 15) is 8.42 Å². The molecule has 4 aromatic rings. The second-order valence-corrected chi connectivity index (χ2v) is 12.1. The summed E-state index contributed by atoms with van der Waals surface area (Å²) >= 11 is 13.3. The number of benzene rings is 2. The molecule has 8 nitrogen and oxygen atoms in total. The van der Waals surface area contributed by atoms with E-state index >= 15 is 0 Å². The molecule has 0 bridgehead atoms. The van der Waals surface area contributed by atoms with Crippen molar-refractivity contribution in [1.82, 2.24) is 10.3 Å². The van der Waals surface area contributed by atoms with Gasteiger partial charge in [0.15, 0.2) is 10.2 Å². The molecule has 0 spiro atoms. The summed E-state index contributed by atoms with van der Waals surface area (Å²) < 4.78 is 37.9. The lowest BCUT2D eigenvalue weighted by Gasteiger charge is -2.26. The number of thiocarbonyl (C=S) groups is 1. The van der Waals surface area contributed by atoms with Crippen LogP contribution in [0.5, 0.6) is 5.75 Å². The average Bonchev–Trinajstić information content (AvgIpc) is 3.49. The molecule has 3 heterocycles. The minimum atomic E-state index is -3.49. The molecule has 1 aliphatic rings. The maximum atomic E-state index is 11.8. The third-order valence-electron chi connectivity index (χ3n) is 5.78. The van der Waals surface area contributed by atoms with E-state index in [-0.39, 0.29) is 12.1 Å². The van der Waals surface area contributed by atoms with Gasteiger partial charge in [-0.3, -0.25) is 9.71 Å². The van der Waals surface area contributed by atoms with Crippen LogP contribution < -0.4 is 19.7 Å². The van der Waals surface area contributed by atoms with Gasteiger partial charge in [-0.15, -0.1) is 0 Å². The van der Waals surface area contributed by atoms with Gasteiger partial charge in [0.1, 0.15) is 17.6 Å². The number of halogens is 1. The number of pyridine rings is 1. The summed E-state index contributed by atoms with van der Waals surface area (Å²) in [5.41, 5.74) is 1.83. The van der Waals surface area contributed by atoms with Crippen LogP contribution in [0.3, 0.4) is 0 Å². The van der Waals surface area contributed by atoms with Crippen molar-refractivity contribution >= 4 is 62.1 Å². The molecule has 5 rings (SSSR count). The van der Waals surface area contributed by atoms with Crippen molar-refractivity contribution < 1.29 is 17.6 Å². The number of rotatable bonds is 8. The molecular formula is C26H23ClN4O4S3. The van der Waals surface area contributed by atoms with Crippen LogP contribution in [0.15, 0.2) is 93.4 Å². The van der Waals surface area contributed by atoms with Crippen molar-refractivity contribution in [3.63, 3.8) is 0 Å². The molecule has 2 N–H and O–H groups in total. The zero-order chi connectivity index (χ0) is 26.9. The van der Waals surface area contributed by atoms with Gasteiger partial charge in [0.25, 0.3) is 0 Å². The van der Waals surface area contributed by atoms with Gasteiger partial charge in [-0.25, -0.2) is 8.42 Å². The second-order valence-electron chi connectivity index (χ2n) is 8.47. The monoisotopic (exact) mass is 586 g/mol. The molecule has 2 aromatic carbocycles. The number of methoxy groups -OCH3 is 1. The molecule has 0 saturated carbocycles. The number of nitrogens with one attached hydrogen (secondary N) is 2. The Balaban J connectivity index is 1.54. The van der Waals surface area contributed by atoms with Crippen molar-refractivity contribution in [3.05, 3.63) is 95.5 Å². The fraction of sp³-hybridized carbons (Fsp3) is 0.154. The van der Waals surface area contributed by atoms with E-state index in [2.05, 4.69) is 15.0 Å². The van der Waals surface area contributed by atoms with E-state index in [1.807, 2.05) is 59.5 Å². The van der Waals surface area contributed by atoms with E-state index in [0.29, 0.717) is 38.1 Å². The number of nitrogens with zero attached hydrogens (tertiary/aromatic N) is 2. The third kappa shape index (κ3) is 5.75. The second kappa shape index (κ2) is 10.9. The van der Waals surface area contributed by atoms with Gasteiger partial charge in [-0.1, -0.05) is 29.4 Å². The Kier molecular flexibility index (Phi) is 7.53. The summed E-state index contributed by atoms with van der Waals surface area (Å²) in [7, 11) is -2.01.